The van der Waals surface area contributed by atoms with Gasteiger partial charge in [-0.2, -0.15) is 0 Å². The van der Waals surface area contributed by atoms with Crippen LogP contribution in [0.5, 0.6) is 0 Å². The second-order valence-corrected chi connectivity index (χ2v) is 4.09. The zero-order valence-electron chi connectivity index (χ0n) is 9.09. The van der Waals surface area contributed by atoms with Gasteiger partial charge in [0, 0.05) is 5.56 Å². The minimum Gasteiger partial charge on any atom is -0.308 e. The largest absolute Gasteiger partial charge is 0.308 e. The van der Waals surface area contributed by atoms with Gasteiger partial charge in [-0.1, -0.05) is 30.1 Å². The van der Waals surface area contributed by atoms with E-state index in [0.29, 0.717) is 15.6 Å². The molecule has 5 heteroatoms. The molecule has 0 spiro atoms. The Bertz CT molecular complexity index is 368. The first-order valence-electron chi connectivity index (χ1n) is 4.79. The zero-order chi connectivity index (χ0) is 11.4. The molecule has 0 bridgehead atoms. The van der Waals surface area contributed by atoms with Gasteiger partial charge in [-0.05, 0) is 31.7 Å². The van der Waals surface area contributed by atoms with Crippen molar-refractivity contribution in [3.05, 3.63) is 33.8 Å². The fraction of sp³-hybridized carbons (Fsp3) is 0.364. The molecule has 1 atom stereocenters. The molecular formula is C11H14Cl3NO. The van der Waals surface area contributed by atoms with Crippen LogP contribution in [0.3, 0.4) is 0 Å². The molecule has 0 aliphatic rings. The van der Waals surface area contributed by atoms with E-state index in [1.807, 2.05) is 13.8 Å². The number of nitrogens with one attached hydrogen (secondary N) is 1. The van der Waals surface area contributed by atoms with E-state index in [4.69, 9.17) is 23.2 Å². The van der Waals surface area contributed by atoms with Crippen LogP contribution < -0.4 is 5.32 Å². The lowest BCUT2D eigenvalue weighted by Gasteiger charge is -2.11. The van der Waals surface area contributed by atoms with E-state index in [1.165, 1.54) is 0 Å². The van der Waals surface area contributed by atoms with E-state index < -0.39 is 0 Å². The molecule has 1 unspecified atom stereocenters. The average Bonchev–Trinajstić information content (AvgIpc) is 2.21. The van der Waals surface area contributed by atoms with Gasteiger partial charge in [-0.25, -0.2) is 0 Å². The number of hydrogen-bond donors (Lipinski definition) is 1. The second kappa shape index (κ2) is 7.13. The van der Waals surface area contributed by atoms with Crippen LogP contribution in [-0.4, -0.2) is 18.4 Å². The summed E-state index contributed by atoms with van der Waals surface area (Å²) < 4.78 is 0. The molecule has 1 N–H and O–H groups in total. The lowest BCUT2D eigenvalue weighted by molar-refractivity contribution is 0.0952. The summed E-state index contributed by atoms with van der Waals surface area (Å²) in [7, 11) is 0. The van der Waals surface area contributed by atoms with Gasteiger partial charge in [0.2, 0.25) is 0 Å². The minimum atomic E-state index is -0.202. The third kappa shape index (κ3) is 3.95. The Labute approximate surface area is 112 Å². The molecule has 1 aromatic carbocycles. The Morgan fingerprint density at radius 1 is 1.38 bits per heavy atom. The van der Waals surface area contributed by atoms with Gasteiger partial charge in [-0.15, -0.1) is 12.4 Å². The first-order chi connectivity index (χ1) is 7.06. The van der Waals surface area contributed by atoms with Gasteiger partial charge >= 0.3 is 0 Å². The van der Waals surface area contributed by atoms with Crippen LogP contribution in [0.25, 0.3) is 0 Å². The molecule has 2 nitrogen and oxygen atoms in total. The first-order valence-corrected chi connectivity index (χ1v) is 5.54. The number of hydrogen-bond acceptors (Lipinski definition) is 2. The highest BCUT2D eigenvalue weighted by molar-refractivity contribution is 6.42. The Balaban J connectivity index is 0.00000225. The summed E-state index contributed by atoms with van der Waals surface area (Å²) in [6.07, 6.45) is 0. The van der Waals surface area contributed by atoms with Crippen LogP contribution in [0.1, 0.15) is 24.2 Å². The van der Waals surface area contributed by atoms with Crippen molar-refractivity contribution < 1.29 is 4.79 Å². The van der Waals surface area contributed by atoms with Crippen molar-refractivity contribution in [2.45, 2.75) is 19.9 Å². The van der Waals surface area contributed by atoms with Crippen LogP contribution in [0.2, 0.25) is 10.0 Å². The molecule has 16 heavy (non-hydrogen) atoms. The van der Waals surface area contributed by atoms with Crippen molar-refractivity contribution in [2.24, 2.45) is 0 Å². The van der Waals surface area contributed by atoms with E-state index in [0.717, 1.165) is 6.54 Å². The van der Waals surface area contributed by atoms with Crippen molar-refractivity contribution in [1.29, 1.82) is 0 Å². The fourth-order valence-electron chi connectivity index (χ4n) is 1.30. The number of carbonyl (C=O) groups is 1. The zero-order valence-corrected chi connectivity index (χ0v) is 11.4. The highest BCUT2D eigenvalue weighted by Crippen LogP contribution is 2.23. The molecule has 0 radical (unpaired) electrons. The molecule has 0 saturated heterocycles. The number of carbonyl (C=O) groups excluding carboxylic acids is 1. The molecule has 0 fully saturated rings. The molecule has 90 valence electrons. The number of likely N-dealkylation sites (N-methyl/N-ethyl adjacent to an activating group) is 1. The monoisotopic (exact) mass is 281 g/mol. The van der Waals surface area contributed by atoms with E-state index >= 15 is 0 Å². The molecule has 0 aliphatic carbocycles. The molecule has 0 saturated carbocycles. The number of benzene rings is 1. The maximum Gasteiger partial charge on any atom is 0.179 e. The number of halogens is 3. The van der Waals surface area contributed by atoms with Crippen LogP contribution in [0.15, 0.2) is 18.2 Å². The predicted molar refractivity (Wildman–Crippen MR) is 71.2 cm³/mol. The summed E-state index contributed by atoms with van der Waals surface area (Å²) in [6, 6.07) is 4.72. The molecule has 0 aliphatic heterocycles. The van der Waals surface area contributed by atoms with Gasteiger partial charge in [0.15, 0.2) is 5.78 Å². The van der Waals surface area contributed by atoms with Crippen molar-refractivity contribution in [3.63, 3.8) is 0 Å². The highest BCUT2D eigenvalue weighted by atomic mass is 35.5. The van der Waals surface area contributed by atoms with Crippen LogP contribution >= 0.6 is 35.6 Å². The van der Waals surface area contributed by atoms with Gasteiger partial charge < -0.3 is 5.32 Å². The van der Waals surface area contributed by atoms with Crippen molar-refractivity contribution in [1.82, 2.24) is 5.32 Å². The molecule has 0 amide bonds. The van der Waals surface area contributed by atoms with Crippen LogP contribution in [0.4, 0.5) is 0 Å². The summed E-state index contributed by atoms with van der Waals surface area (Å²) in [4.78, 5) is 11.8. The number of Topliss-reactive ketones (excluding diaryl/α,β-unsaturated/α-hetero) is 1. The molecular weight excluding hydrogens is 268 g/mol. The third-order valence-electron chi connectivity index (χ3n) is 2.11. The molecule has 0 aromatic heterocycles. The van der Waals surface area contributed by atoms with Crippen molar-refractivity contribution >= 4 is 41.4 Å². The van der Waals surface area contributed by atoms with E-state index in [1.54, 1.807) is 18.2 Å². The first kappa shape index (κ1) is 15.7. The van der Waals surface area contributed by atoms with E-state index in [-0.39, 0.29) is 24.2 Å². The summed E-state index contributed by atoms with van der Waals surface area (Å²) in [6.45, 7) is 4.54. The van der Waals surface area contributed by atoms with Crippen molar-refractivity contribution in [2.75, 3.05) is 6.54 Å². The second-order valence-electron chi connectivity index (χ2n) is 3.27. The fourth-order valence-corrected chi connectivity index (χ4v) is 1.60. The van der Waals surface area contributed by atoms with E-state index in [9.17, 15) is 4.79 Å². The lowest BCUT2D eigenvalue weighted by Crippen LogP contribution is -2.33. The summed E-state index contributed by atoms with van der Waals surface area (Å²) in [5.41, 5.74) is 0.581. The SMILES string of the molecule is CCNC(C)C(=O)c1ccc(Cl)c(Cl)c1.Cl. The summed E-state index contributed by atoms with van der Waals surface area (Å²) in [5.74, 6) is 0.0235. The van der Waals surface area contributed by atoms with Gasteiger partial charge in [0.1, 0.15) is 0 Å². The summed E-state index contributed by atoms with van der Waals surface area (Å²) in [5, 5.41) is 3.92. The smallest absolute Gasteiger partial charge is 0.179 e. The van der Waals surface area contributed by atoms with Crippen molar-refractivity contribution in [3.8, 4) is 0 Å². The Morgan fingerprint density at radius 2 is 2.00 bits per heavy atom. The standard InChI is InChI=1S/C11H13Cl2NO.ClH/c1-3-14-7(2)11(15)8-4-5-9(12)10(13)6-8;/h4-7,14H,3H2,1-2H3;1H. The molecule has 0 heterocycles. The molecule has 1 rings (SSSR count). The Kier molecular flexibility index (Phi) is 7.00. The van der Waals surface area contributed by atoms with Crippen LogP contribution in [-0.2, 0) is 0 Å². The van der Waals surface area contributed by atoms with Gasteiger partial charge in [0.05, 0.1) is 16.1 Å². The topological polar surface area (TPSA) is 29.1 Å². The maximum atomic E-state index is 11.8. The van der Waals surface area contributed by atoms with Crippen LogP contribution in [0, 0.1) is 0 Å². The third-order valence-corrected chi connectivity index (χ3v) is 2.85. The van der Waals surface area contributed by atoms with Gasteiger partial charge in [0.25, 0.3) is 0 Å². The Morgan fingerprint density at radius 3 is 2.50 bits per heavy atom. The predicted octanol–water partition coefficient (Wildman–Crippen LogP) is 3.60. The quantitative estimate of drug-likeness (QED) is 0.855. The number of rotatable bonds is 4. The normalized spacial score (nSPS) is 11.8. The Hall–Kier alpha value is -0.280. The lowest BCUT2D eigenvalue weighted by atomic mass is 10.1. The average molecular weight is 283 g/mol. The number of ketones is 1. The van der Waals surface area contributed by atoms with E-state index in [2.05, 4.69) is 5.32 Å². The van der Waals surface area contributed by atoms with Gasteiger partial charge in [-0.3, -0.25) is 4.79 Å². The summed E-state index contributed by atoms with van der Waals surface area (Å²) >= 11 is 11.6. The maximum absolute atomic E-state index is 11.8. The highest BCUT2D eigenvalue weighted by Gasteiger charge is 2.14. The molecule has 1 aromatic rings. The minimum absolute atomic E-state index is 0.